The lowest BCUT2D eigenvalue weighted by Crippen LogP contribution is -2.00. The number of benzene rings is 8. The van der Waals surface area contributed by atoms with Crippen LogP contribution in [0.15, 0.2) is 243 Å². The summed E-state index contributed by atoms with van der Waals surface area (Å²) in [6, 6.07) is 88.2. The quantitative estimate of drug-likeness (QED) is 0.101. The van der Waals surface area contributed by atoms with E-state index in [9.17, 15) is 0 Å². The first-order chi connectivity index (χ1) is 41.4. The summed E-state index contributed by atoms with van der Waals surface area (Å²) >= 11 is 0. The fourth-order valence-electron chi connectivity index (χ4n) is 13.0. The summed E-state index contributed by atoms with van der Waals surface area (Å²) in [7, 11) is 0. The number of aryl methyl sites for hydroxylation is 8. The molecule has 0 unspecified atom stereocenters. The van der Waals surface area contributed by atoms with Crippen LogP contribution >= 0.6 is 0 Å². The van der Waals surface area contributed by atoms with Crippen LogP contribution < -0.4 is 0 Å². The van der Waals surface area contributed by atoms with Crippen LogP contribution in [0.2, 0.25) is 0 Å². The van der Waals surface area contributed by atoms with Crippen molar-refractivity contribution in [1.82, 2.24) is 19.9 Å². The average Bonchev–Trinajstić information content (AvgIpc) is 2.13. The summed E-state index contributed by atoms with van der Waals surface area (Å²) in [5.41, 5.74) is 32.4. The number of nitrogens with one attached hydrogen (secondary N) is 2. The van der Waals surface area contributed by atoms with E-state index in [1.54, 1.807) is 0 Å². The predicted octanol–water partition coefficient (Wildman–Crippen LogP) is 20.0. The molecule has 11 aromatic rings. The zero-order valence-corrected chi connectivity index (χ0v) is 48.6. The molecule has 13 rings (SSSR count). The lowest BCUT2D eigenvalue weighted by Gasteiger charge is -2.12. The Morgan fingerprint density at radius 3 is 0.595 bits per heavy atom. The number of hydrogen-bond donors (Lipinski definition) is 2. The van der Waals surface area contributed by atoms with Gasteiger partial charge in [0.05, 0.1) is 44.8 Å². The van der Waals surface area contributed by atoms with Crippen molar-refractivity contribution < 1.29 is 0 Å². The summed E-state index contributed by atoms with van der Waals surface area (Å²) in [5.74, 6) is 0. The van der Waals surface area contributed by atoms with Crippen LogP contribution in [-0.4, -0.2) is 19.9 Å². The van der Waals surface area contributed by atoms with Crippen LogP contribution in [0, 0.1) is 0 Å². The molecule has 3 aromatic heterocycles. The van der Waals surface area contributed by atoms with E-state index in [0.29, 0.717) is 0 Å². The molecule has 2 aliphatic rings. The number of hydrogen-bond acceptors (Lipinski definition) is 2. The second-order valence-corrected chi connectivity index (χ2v) is 22.7. The van der Waals surface area contributed by atoms with E-state index in [4.69, 9.17) is 9.97 Å². The molecule has 0 aliphatic carbocycles. The predicted molar refractivity (Wildman–Crippen MR) is 354 cm³/mol. The highest BCUT2D eigenvalue weighted by atomic mass is 14.8. The third kappa shape index (κ3) is 10.6. The van der Waals surface area contributed by atoms with Crippen LogP contribution in [0.1, 0.15) is 95.0 Å². The number of aromatic nitrogens is 4. The molecule has 0 spiro atoms. The Balaban J connectivity index is 1.28. The van der Waals surface area contributed by atoms with Crippen LogP contribution in [0.25, 0.3) is 88.9 Å². The van der Waals surface area contributed by atoms with E-state index >= 15 is 0 Å². The molecule has 0 amide bonds. The summed E-state index contributed by atoms with van der Waals surface area (Å²) in [5, 5.41) is 0. The minimum Gasteiger partial charge on any atom is -0.354 e. The maximum absolute atomic E-state index is 6.14. The number of aromatic amines is 2. The van der Waals surface area contributed by atoms with Gasteiger partial charge in [0.15, 0.2) is 0 Å². The monoisotopic (exact) mass is 1090 g/mol. The number of allylic oxidation sites excluding steroid dienone is 4. The van der Waals surface area contributed by atoms with E-state index < -0.39 is 0 Å². The minimum absolute atomic E-state index is 0.816. The van der Waals surface area contributed by atoms with Crippen molar-refractivity contribution in [3.05, 3.63) is 310 Å². The van der Waals surface area contributed by atoms with Gasteiger partial charge in [-0.25, -0.2) is 9.97 Å². The molecule has 0 atom stereocenters. The van der Waals surface area contributed by atoms with Crippen LogP contribution in [0.5, 0.6) is 0 Å². The Kier molecular flexibility index (Phi) is 15.4. The molecule has 0 saturated heterocycles. The topological polar surface area (TPSA) is 57.4 Å². The molecule has 8 aromatic carbocycles. The lowest BCUT2D eigenvalue weighted by molar-refractivity contribution is 0.912. The van der Waals surface area contributed by atoms with Crippen LogP contribution in [0.4, 0.5) is 0 Å². The molecule has 5 heterocycles. The standard InChI is InChI=1S/C80H70N4/c1-53-54(2)74-70(62-39-23-10-24-40-62)78-67(51-47-59-33-17-7-18-34-59)68(52-48-60-35-19-8-20-36-60)80(84-78)72(64-43-27-12-28-44-64)76-56(4)55(3)75(82-76)71(63-41-25-11-26-42-63)79-66(50-46-58-31-15-6-16-32-58)65(49-45-57-29-13-5-14-30-57)77(83-79)69(73(53)81-74)61-37-21-9-22-38-61/h5-44,83-84H,45-52H2,1-4H3. The molecule has 410 valence electrons. The normalized spacial score (nSPS) is 12.3. The van der Waals surface area contributed by atoms with Crippen molar-refractivity contribution in [2.24, 2.45) is 0 Å². The first kappa shape index (κ1) is 53.7. The van der Waals surface area contributed by atoms with Gasteiger partial charge in [0.2, 0.25) is 0 Å². The molecule has 0 radical (unpaired) electrons. The maximum Gasteiger partial charge on any atom is 0.0769 e. The van der Waals surface area contributed by atoms with Crippen molar-refractivity contribution in [2.75, 3.05) is 0 Å². The van der Waals surface area contributed by atoms with Crippen LogP contribution in [-0.2, 0) is 51.4 Å². The van der Waals surface area contributed by atoms with E-state index in [1.165, 1.54) is 44.5 Å². The van der Waals surface area contributed by atoms with Gasteiger partial charge in [0, 0.05) is 22.3 Å². The maximum atomic E-state index is 6.14. The van der Waals surface area contributed by atoms with Gasteiger partial charge in [-0.1, -0.05) is 243 Å². The van der Waals surface area contributed by atoms with Gasteiger partial charge < -0.3 is 9.97 Å². The highest BCUT2D eigenvalue weighted by Gasteiger charge is 2.30. The summed E-state index contributed by atoms with van der Waals surface area (Å²) < 4.78 is 0. The molecule has 0 fully saturated rings. The summed E-state index contributed by atoms with van der Waals surface area (Å²) in [6.07, 6.45) is 6.75. The minimum atomic E-state index is 0.816. The zero-order chi connectivity index (χ0) is 56.9. The second-order valence-electron chi connectivity index (χ2n) is 22.7. The Morgan fingerprint density at radius 1 is 0.226 bits per heavy atom. The Bertz CT molecular complexity index is 3820. The highest BCUT2D eigenvalue weighted by molar-refractivity contribution is 6.08. The number of H-pyrrole nitrogens is 2. The second kappa shape index (κ2) is 24.1. The fourth-order valence-corrected chi connectivity index (χ4v) is 13.0. The molecular formula is C80H70N4. The number of rotatable bonds is 16. The number of nitrogens with zero attached hydrogens (tertiary/aromatic N) is 2. The Labute approximate surface area is 495 Å². The molecule has 4 nitrogen and oxygen atoms in total. The molecule has 84 heavy (non-hydrogen) atoms. The van der Waals surface area contributed by atoms with Gasteiger partial charge in [0.25, 0.3) is 0 Å². The third-order valence-corrected chi connectivity index (χ3v) is 17.7. The molecule has 8 bridgehead atoms. The van der Waals surface area contributed by atoms with Crippen molar-refractivity contribution in [2.45, 2.75) is 79.1 Å². The van der Waals surface area contributed by atoms with Gasteiger partial charge in [-0.2, -0.15) is 0 Å². The highest BCUT2D eigenvalue weighted by Crippen LogP contribution is 2.48. The molecule has 2 aliphatic heterocycles. The SMILES string of the molecule is CC1=C(C)c2nc1c(-c1ccccc1)c1[nH]c(c(CCc3ccccc3)c1CCc1ccccc1)c(-c1ccccc1)c1nc(c(-c3ccccc3)c3[nH]c(c(CCc4ccccc4)c3CCc3ccccc3)c2-c2ccccc2)C(C)=C1C. The number of fused-ring (bicyclic) bond motifs is 8. The molecular weight excluding hydrogens is 1020 g/mol. The molecule has 4 heteroatoms. The smallest absolute Gasteiger partial charge is 0.0769 e. The fraction of sp³-hybridized carbons (Fsp3) is 0.150. The Morgan fingerprint density at radius 2 is 0.405 bits per heavy atom. The largest absolute Gasteiger partial charge is 0.354 e. The summed E-state index contributed by atoms with van der Waals surface area (Å²) in [4.78, 5) is 21.1. The van der Waals surface area contributed by atoms with Crippen molar-refractivity contribution >= 4 is 44.4 Å². The van der Waals surface area contributed by atoms with E-state index in [0.717, 1.165) is 163 Å². The van der Waals surface area contributed by atoms with E-state index in [-0.39, 0.29) is 0 Å². The third-order valence-electron chi connectivity index (χ3n) is 17.7. The van der Waals surface area contributed by atoms with Crippen molar-refractivity contribution in [1.29, 1.82) is 0 Å². The van der Waals surface area contributed by atoms with Gasteiger partial charge in [-0.15, -0.1) is 0 Å². The Hall–Kier alpha value is -9.64. The molecule has 0 saturated carbocycles. The van der Waals surface area contributed by atoms with Crippen LogP contribution in [0.3, 0.4) is 0 Å². The first-order valence-electron chi connectivity index (χ1n) is 30.0. The van der Waals surface area contributed by atoms with E-state index in [2.05, 4.69) is 280 Å². The van der Waals surface area contributed by atoms with Gasteiger partial charge >= 0.3 is 0 Å². The van der Waals surface area contributed by atoms with Crippen molar-refractivity contribution in [3.63, 3.8) is 0 Å². The zero-order valence-electron chi connectivity index (χ0n) is 48.6. The molecule has 2 N–H and O–H groups in total. The van der Waals surface area contributed by atoms with Gasteiger partial charge in [-0.05, 0) is 168 Å². The first-order valence-corrected chi connectivity index (χ1v) is 30.0. The van der Waals surface area contributed by atoms with Gasteiger partial charge in [0.1, 0.15) is 0 Å². The van der Waals surface area contributed by atoms with Gasteiger partial charge in [-0.3, -0.25) is 0 Å². The average molecular weight is 1090 g/mol. The van der Waals surface area contributed by atoms with E-state index in [1.807, 2.05) is 0 Å². The summed E-state index contributed by atoms with van der Waals surface area (Å²) in [6.45, 7) is 9.21. The van der Waals surface area contributed by atoms with Crippen molar-refractivity contribution in [3.8, 4) is 44.5 Å². The lowest BCUT2D eigenvalue weighted by atomic mass is 9.90.